The number of nitrogens with two attached hydrogens (primary N) is 1. The molecule has 0 fully saturated rings. The Morgan fingerprint density at radius 3 is 2.89 bits per heavy atom. The van der Waals surface area contributed by atoms with Gasteiger partial charge in [-0.25, -0.2) is 14.3 Å². The maximum Gasteiger partial charge on any atom is 0.344 e. The zero-order chi connectivity index (χ0) is 14.0. The van der Waals surface area contributed by atoms with E-state index >= 15 is 0 Å². The van der Waals surface area contributed by atoms with Crippen molar-refractivity contribution in [2.24, 2.45) is 5.73 Å². The molecule has 0 unspecified atom stereocenters. The molecular formula is C12H15FN4OS. The number of hydrogen-bond acceptors (Lipinski definition) is 4. The minimum atomic E-state index is -0.326. The first-order chi connectivity index (χ1) is 9.02. The van der Waals surface area contributed by atoms with Crippen LogP contribution in [0.25, 0.3) is 0 Å². The van der Waals surface area contributed by atoms with Crippen LogP contribution in [0.3, 0.4) is 0 Å². The van der Waals surface area contributed by atoms with Crippen molar-refractivity contribution < 1.29 is 4.39 Å². The Labute approximate surface area is 114 Å². The third-order valence-corrected chi connectivity index (χ3v) is 3.72. The summed E-state index contributed by atoms with van der Waals surface area (Å²) in [5.74, 6) is -0.326. The summed E-state index contributed by atoms with van der Waals surface area (Å²) >= 11 is 1.30. The van der Waals surface area contributed by atoms with Gasteiger partial charge in [-0.2, -0.15) is 0 Å². The molecule has 2 aromatic rings. The van der Waals surface area contributed by atoms with Crippen molar-refractivity contribution in [1.82, 2.24) is 14.8 Å². The van der Waals surface area contributed by atoms with Gasteiger partial charge < -0.3 is 5.73 Å². The van der Waals surface area contributed by atoms with E-state index < -0.39 is 0 Å². The number of hydrogen-bond donors (Lipinski definition) is 2. The van der Waals surface area contributed by atoms with Crippen molar-refractivity contribution >= 4 is 11.8 Å². The fraction of sp³-hybridized carbons (Fsp3) is 0.333. The van der Waals surface area contributed by atoms with Gasteiger partial charge in [0.2, 0.25) is 0 Å². The predicted octanol–water partition coefficient (Wildman–Crippen LogP) is 1.90. The normalized spacial score (nSPS) is 11.2. The van der Waals surface area contributed by atoms with Crippen molar-refractivity contribution in [3.8, 4) is 0 Å². The number of aromatic nitrogens is 3. The SMILES string of the molecule is CC(C)n1c(Sc2ccc(F)cc2CN)n[nH]c1=O. The number of rotatable bonds is 4. The van der Waals surface area contributed by atoms with Gasteiger partial charge in [-0.15, -0.1) is 5.10 Å². The molecule has 0 bridgehead atoms. The van der Waals surface area contributed by atoms with Crippen molar-refractivity contribution in [1.29, 1.82) is 0 Å². The van der Waals surface area contributed by atoms with E-state index in [2.05, 4.69) is 10.2 Å². The molecular weight excluding hydrogens is 267 g/mol. The van der Waals surface area contributed by atoms with E-state index in [1.54, 1.807) is 10.6 Å². The largest absolute Gasteiger partial charge is 0.344 e. The number of halogens is 1. The topological polar surface area (TPSA) is 76.7 Å². The molecule has 0 saturated heterocycles. The summed E-state index contributed by atoms with van der Waals surface area (Å²) in [7, 11) is 0. The van der Waals surface area contributed by atoms with Gasteiger partial charge in [0.25, 0.3) is 0 Å². The minimum absolute atomic E-state index is 0.00414. The lowest BCUT2D eigenvalue weighted by atomic mass is 10.2. The van der Waals surface area contributed by atoms with E-state index in [1.807, 2.05) is 13.8 Å². The van der Waals surface area contributed by atoms with Crippen LogP contribution in [-0.2, 0) is 6.54 Å². The molecule has 7 heteroatoms. The summed E-state index contributed by atoms with van der Waals surface area (Å²) < 4.78 is 14.7. The van der Waals surface area contributed by atoms with Crippen LogP contribution in [0, 0.1) is 5.82 Å². The standard InChI is InChI=1S/C12H15FN4OS/c1-7(2)17-11(18)15-16-12(17)19-10-4-3-9(13)5-8(10)6-14/h3-5,7H,6,14H2,1-2H3,(H,15,18). The minimum Gasteiger partial charge on any atom is -0.326 e. The summed E-state index contributed by atoms with van der Waals surface area (Å²) in [6, 6.07) is 4.40. The third kappa shape index (κ3) is 2.87. The average Bonchev–Trinajstić information content (AvgIpc) is 2.72. The number of nitrogens with one attached hydrogen (secondary N) is 1. The first kappa shape index (κ1) is 13.8. The first-order valence-electron chi connectivity index (χ1n) is 5.86. The molecule has 2 rings (SSSR count). The highest BCUT2D eigenvalue weighted by Gasteiger charge is 2.14. The molecule has 0 aliphatic carbocycles. The second-order valence-corrected chi connectivity index (χ2v) is 5.34. The third-order valence-electron chi connectivity index (χ3n) is 2.63. The van der Waals surface area contributed by atoms with Gasteiger partial charge >= 0.3 is 5.69 Å². The molecule has 0 saturated carbocycles. The molecule has 1 heterocycles. The highest BCUT2D eigenvalue weighted by molar-refractivity contribution is 7.99. The van der Waals surface area contributed by atoms with Crippen LogP contribution < -0.4 is 11.4 Å². The summed E-state index contributed by atoms with van der Waals surface area (Å²) in [5.41, 5.74) is 6.03. The van der Waals surface area contributed by atoms with Crippen LogP contribution in [0.15, 0.2) is 33.0 Å². The van der Waals surface area contributed by atoms with E-state index in [4.69, 9.17) is 5.73 Å². The van der Waals surface area contributed by atoms with E-state index in [0.717, 1.165) is 4.90 Å². The second-order valence-electron chi connectivity index (χ2n) is 4.33. The monoisotopic (exact) mass is 282 g/mol. The van der Waals surface area contributed by atoms with Crippen LogP contribution in [0.1, 0.15) is 25.5 Å². The average molecular weight is 282 g/mol. The van der Waals surface area contributed by atoms with Gasteiger partial charge in [-0.05, 0) is 49.4 Å². The Balaban J connectivity index is 2.39. The summed E-state index contributed by atoms with van der Waals surface area (Å²) in [4.78, 5) is 12.4. The van der Waals surface area contributed by atoms with Gasteiger partial charge in [0.15, 0.2) is 5.16 Å². The Bertz CT molecular complexity index is 635. The summed E-state index contributed by atoms with van der Waals surface area (Å²) in [6.07, 6.45) is 0. The molecule has 0 aliphatic rings. The lowest BCUT2D eigenvalue weighted by Crippen LogP contribution is -2.19. The maximum atomic E-state index is 13.1. The second kappa shape index (κ2) is 5.58. The Morgan fingerprint density at radius 2 is 2.26 bits per heavy atom. The fourth-order valence-electron chi connectivity index (χ4n) is 1.72. The van der Waals surface area contributed by atoms with Crippen molar-refractivity contribution in [3.05, 3.63) is 40.1 Å². The van der Waals surface area contributed by atoms with Crippen LogP contribution in [0.2, 0.25) is 0 Å². The smallest absolute Gasteiger partial charge is 0.326 e. The molecule has 0 atom stereocenters. The van der Waals surface area contributed by atoms with E-state index in [-0.39, 0.29) is 24.1 Å². The number of benzene rings is 1. The Morgan fingerprint density at radius 1 is 1.53 bits per heavy atom. The van der Waals surface area contributed by atoms with Gasteiger partial charge in [-0.1, -0.05) is 0 Å². The molecule has 5 nitrogen and oxygen atoms in total. The first-order valence-corrected chi connectivity index (χ1v) is 6.68. The molecule has 0 radical (unpaired) electrons. The zero-order valence-corrected chi connectivity index (χ0v) is 11.5. The van der Waals surface area contributed by atoms with Gasteiger partial charge in [0.1, 0.15) is 5.82 Å². The van der Waals surface area contributed by atoms with Gasteiger partial charge in [-0.3, -0.25) is 4.57 Å². The lowest BCUT2D eigenvalue weighted by molar-refractivity contribution is 0.534. The lowest BCUT2D eigenvalue weighted by Gasteiger charge is -2.10. The van der Waals surface area contributed by atoms with E-state index in [1.165, 1.54) is 23.9 Å². The van der Waals surface area contributed by atoms with Crippen LogP contribution in [0.5, 0.6) is 0 Å². The molecule has 1 aromatic heterocycles. The van der Waals surface area contributed by atoms with Crippen molar-refractivity contribution in [2.45, 2.75) is 36.5 Å². The number of nitrogens with zero attached hydrogens (tertiary/aromatic N) is 2. The summed E-state index contributed by atoms with van der Waals surface area (Å²) in [5, 5.41) is 6.95. The van der Waals surface area contributed by atoms with Gasteiger partial charge in [0, 0.05) is 17.5 Å². The van der Waals surface area contributed by atoms with Crippen LogP contribution in [-0.4, -0.2) is 14.8 Å². The molecule has 0 amide bonds. The molecule has 0 aliphatic heterocycles. The zero-order valence-electron chi connectivity index (χ0n) is 10.7. The van der Waals surface area contributed by atoms with Crippen LogP contribution >= 0.6 is 11.8 Å². The predicted molar refractivity (Wildman–Crippen MR) is 71.6 cm³/mol. The van der Waals surface area contributed by atoms with Crippen molar-refractivity contribution in [2.75, 3.05) is 0 Å². The number of aromatic amines is 1. The molecule has 0 spiro atoms. The fourth-order valence-corrected chi connectivity index (χ4v) is 2.81. The maximum absolute atomic E-state index is 13.1. The van der Waals surface area contributed by atoms with Crippen LogP contribution in [0.4, 0.5) is 4.39 Å². The Hall–Kier alpha value is -1.60. The van der Waals surface area contributed by atoms with E-state index in [0.29, 0.717) is 10.7 Å². The number of H-pyrrole nitrogens is 1. The van der Waals surface area contributed by atoms with E-state index in [9.17, 15) is 9.18 Å². The molecule has 19 heavy (non-hydrogen) atoms. The van der Waals surface area contributed by atoms with Crippen molar-refractivity contribution in [3.63, 3.8) is 0 Å². The molecule has 102 valence electrons. The molecule has 1 aromatic carbocycles. The highest BCUT2D eigenvalue weighted by Crippen LogP contribution is 2.29. The summed E-state index contributed by atoms with van der Waals surface area (Å²) in [6.45, 7) is 4.03. The van der Waals surface area contributed by atoms with Gasteiger partial charge in [0.05, 0.1) is 0 Å². The quantitative estimate of drug-likeness (QED) is 0.898. The Kier molecular flexibility index (Phi) is 4.06. The highest BCUT2D eigenvalue weighted by atomic mass is 32.2. The molecule has 3 N–H and O–H groups in total.